The molecule has 0 aliphatic carbocycles. The van der Waals surface area contributed by atoms with Crippen LogP contribution in [0.1, 0.15) is 119 Å². The second-order valence-corrected chi connectivity index (χ2v) is 13.8. The maximum absolute atomic E-state index is 3.87. The van der Waals surface area contributed by atoms with Gasteiger partial charge in [0.25, 0.3) is 0 Å². The molecule has 0 saturated heterocycles. The molecule has 4 N–H and O–H groups in total. The standard InChI is InChI=1S/C39H56N4/c1-25(2)31-13-11-14-32(26(3)4)37(31)35-19-17-29(42-35)23-39(41-10,21-22-40-9)24-30-18-20-36(43-30)38-33(27(5)6)15-12-16-34(38)28(7)8/h11-20,25-28,40-43H,21-24H2,1-10H3. The molecular weight excluding hydrogens is 524 g/mol. The van der Waals surface area contributed by atoms with Crippen molar-refractivity contribution in [1.82, 2.24) is 20.6 Å². The van der Waals surface area contributed by atoms with Crippen molar-refractivity contribution in [2.75, 3.05) is 20.6 Å². The SMILES string of the molecule is CNCCC(Cc1ccc(-c2c(C(C)C)cccc2C(C)C)[nH]1)(Cc1ccc(-c2c(C(C)C)cccc2C(C)C)[nH]1)NC. The highest BCUT2D eigenvalue weighted by Gasteiger charge is 2.30. The van der Waals surface area contributed by atoms with Crippen molar-refractivity contribution in [3.8, 4) is 22.5 Å². The van der Waals surface area contributed by atoms with E-state index >= 15 is 0 Å². The molecule has 0 aliphatic heterocycles. The Hall–Kier alpha value is -3.08. The molecule has 0 radical (unpaired) electrons. The predicted molar refractivity (Wildman–Crippen MR) is 187 cm³/mol. The van der Waals surface area contributed by atoms with Gasteiger partial charge in [-0.15, -0.1) is 0 Å². The molecule has 0 aliphatic rings. The summed E-state index contributed by atoms with van der Waals surface area (Å²) in [6.45, 7) is 19.3. The largest absolute Gasteiger partial charge is 0.358 e. The second kappa shape index (κ2) is 14.1. The number of aromatic nitrogens is 2. The van der Waals surface area contributed by atoms with E-state index in [0.29, 0.717) is 23.7 Å². The van der Waals surface area contributed by atoms with Gasteiger partial charge in [-0.1, -0.05) is 91.8 Å². The normalized spacial score (nSPS) is 12.4. The van der Waals surface area contributed by atoms with Crippen LogP contribution in [0, 0.1) is 0 Å². The summed E-state index contributed by atoms with van der Waals surface area (Å²) < 4.78 is 0. The van der Waals surface area contributed by atoms with Gasteiger partial charge >= 0.3 is 0 Å². The lowest BCUT2D eigenvalue weighted by Crippen LogP contribution is -2.49. The van der Waals surface area contributed by atoms with Gasteiger partial charge in [-0.3, -0.25) is 0 Å². The lowest BCUT2D eigenvalue weighted by Gasteiger charge is -2.33. The highest BCUT2D eigenvalue weighted by Crippen LogP contribution is 2.38. The highest BCUT2D eigenvalue weighted by molar-refractivity contribution is 5.71. The molecule has 43 heavy (non-hydrogen) atoms. The molecule has 2 aromatic heterocycles. The summed E-state index contributed by atoms with van der Waals surface area (Å²) >= 11 is 0. The van der Waals surface area contributed by atoms with Gasteiger partial charge in [0.15, 0.2) is 0 Å². The average Bonchev–Trinajstić information content (AvgIpc) is 3.64. The van der Waals surface area contributed by atoms with Crippen LogP contribution in [0.4, 0.5) is 0 Å². The third-order valence-electron chi connectivity index (χ3n) is 9.22. The number of H-pyrrole nitrogens is 2. The number of hydrogen-bond acceptors (Lipinski definition) is 2. The monoisotopic (exact) mass is 580 g/mol. The molecule has 0 atom stereocenters. The summed E-state index contributed by atoms with van der Waals surface area (Å²) in [4.78, 5) is 7.74. The smallest absolute Gasteiger partial charge is 0.0461 e. The summed E-state index contributed by atoms with van der Waals surface area (Å²) in [6.07, 6.45) is 2.85. The molecule has 0 bridgehead atoms. The van der Waals surface area contributed by atoms with Crippen molar-refractivity contribution in [3.63, 3.8) is 0 Å². The first-order valence-corrected chi connectivity index (χ1v) is 16.5. The zero-order valence-corrected chi connectivity index (χ0v) is 28.4. The molecule has 0 fully saturated rings. The molecule has 0 saturated carbocycles. The molecule has 0 spiro atoms. The van der Waals surface area contributed by atoms with Crippen LogP contribution in [0.3, 0.4) is 0 Å². The zero-order chi connectivity index (χ0) is 31.3. The van der Waals surface area contributed by atoms with Crippen LogP contribution >= 0.6 is 0 Å². The first-order chi connectivity index (χ1) is 20.5. The van der Waals surface area contributed by atoms with Crippen LogP contribution in [0.15, 0.2) is 60.7 Å². The van der Waals surface area contributed by atoms with Crippen molar-refractivity contribution >= 4 is 0 Å². The minimum atomic E-state index is -0.107. The minimum Gasteiger partial charge on any atom is -0.358 e. The molecule has 2 aromatic carbocycles. The third kappa shape index (κ3) is 7.36. The second-order valence-electron chi connectivity index (χ2n) is 13.8. The van der Waals surface area contributed by atoms with E-state index in [-0.39, 0.29) is 5.54 Å². The van der Waals surface area contributed by atoms with Gasteiger partial charge < -0.3 is 20.6 Å². The van der Waals surface area contributed by atoms with Crippen LogP contribution in [0.25, 0.3) is 22.5 Å². The van der Waals surface area contributed by atoms with Crippen molar-refractivity contribution < 1.29 is 0 Å². The number of benzene rings is 2. The van der Waals surface area contributed by atoms with Gasteiger partial charge in [0.1, 0.15) is 0 Å². The van der Waals surface area contributed by atoms with Gasteiger partial charge in [0.05, 0.1) is 0 Å². The van der Waals surface area contributed by atoms with Gasteiger partial charge in [-0.05, 0) is 97.3 Å². The third-order valence-corrected chi connectivity index (χ3v) is 9.22. The zero-order valence-electron chi connectivity index (χ0n) is 28.4. The van der Waals surface area contributed by atoms with Gasteiger partial charge in [-0.25, -0.2) is 0 Å². The number of aromatic amines is 2. The van der Waals surface area contributed by atoms with E-state index in [1.165, 1.54) is 56.2 Å². The topological polar surface area (TPSA) is 55.6 Å². The Morgan fingerprint density at radius 3 is 1.23 bits per heavy atom. The van der Waals surface area contributed by atoms with Crippen molar-refractivity contribution in [2.24, 2.45) is 0 Å². The Labute approximate surface area is 261 Å². The Bertz CT molecular complexity index is 1310. The fraction of sp³-hybridized carbons (Fsp3) is 0.487. The van der Waals surface area contributed by atoms with Crippen LogP contribution < -0.4 is 10.6 Å². The summed E-state index contributed by atoms with van der Waals surface area (Å²) in [7, 11) is 4.17. The molecule has 232 valence electrons. The van der Waals surface area contributed by atoms with E-state index in [4.69, 9.17) is 0 Å². The van der Waals surface area contributed by atoms with Gasteiger partial charge in [-0.2, -0.15) is 0 Å². The molecule has 4 heteroatoms. The molecule has 0 unspecified atom stereocenters. The van der Waals surface area contributed by atoms with E-state index < -0.39 is 0 Å². The molecule has 4 rings (SSSR count). The van der Waals surface area contributed by atoms with E-state index in [0.717, 1.165) is 25.8 Å². The van der Waals surface area contributed by atoms with Crippen LogP contribution in [0.5, 0.6) is 0 Å². The fourth-order valence-corrected chi connectivity index (χ4v) is 6.74. The number of hydrogen-bond donors (Lipinski definition) is 4. The molecule has 4 aromatic rings. The molecule has 2 heterocycles. The molecular formula is C39H56N4. The van der Waals surface area contributed by atoms with Crippen molar-refractivity contribution in [1.29, 1.82) is 0 Å². The highest BCUT2D eigenvalue weighted by atomic mass is 15.0. The number of rotatable bonds is 14. The maximum atomic E-state index is 3.87. The summed E-state index contributed by atoms with van der Waals surface area (Å²) in [5.74, 6) is 1.86. The van der Waals surface area contributed by atoms with Gasteiger partial charge in [0, 0.05) is 52.3 Å². The number of likely N-dealkylation sites (N-methyl/N-ethyl adjacent to an activating group) is 1. The lowest BCUT2D eigenvalue weighted by atomic mass is 9.85. The Kier molecular flexibility index (Phi) is 10.8. The van der Waals surface area contributed by atoms with E-state index in [1.807, 2.05) is 7.05 Å². The molecule has 4 nitrogen and oxygen atoms in total. The van der Waals surface area contributed by atoms with Crippen LogP contribution in [0.2, 0.25) is 0 Å². The minimum absolute atomic E-state index is 0.107. The lowest BCUT2D eigenvalue weighted by molar-refractivity contribution is 0.311. The summed E-state index contributed by atoms with van der Waals surface area (Å²) in [5, 5.41) is 7.19. The van der Waals surface area contributed by atoms with Crippen molar-refractivity contribution in [2.45, 2.75) is 104 Å². The van der Waals surface area contributed by atoms with E-state index in [2.05, 4.69) is 144 Å². The predicted octanol–water partition coefficient (Wildman–Crippen LogP) is 9.52. The molecule has 0 amide bonds. The first-order valence-electron chi connectivity index (χ1n) is 16.5. The first kappa shape index (κ1) is 32.8. The van der Waals surface area contributed by atoms with E-state index in [9.17, 15) is 0 Å². The van der Waals surface area contributed by atoms with E-state index in [1.54, 1.807) is 0 Å². The Morgan fingerprint density at radius 2 is 0.930 bits per heavy atom. The van der Waals surface area contributed by atoms with Gasteiger partial charge in [0.2, 0.25) is 0 Å². The van der Waals surface area contributed by atoms with Crippen LogP contribution in [-0.2, 0) is 12.8 Å². The Balaban J connectivity index is 1.69. The number of nitrogens with one attached hydrogen (secondary N) is 4. The quantitative estimate of drug-likeness (QED) is 0.120. The average molecular weight is 581 g/mol. The fourth-order valence-electron chi connectivity index (χ4n) is 6.74. The summed E-state index contributed by atoms with van der Waals surface area (Å²) in [6, 6.07) is 22.8. The summed E-state index contributed by atoms with van der Waals surface area (Å²) in [5.41, 5.74) is 13.3. The van der Waals surface area contributed by atoms with Crippen molar-refractivity contribution in [3.05, 3.63) is 94.3 Å². The maximum Gasteiger partial charge on any atom is 0.0461 e. The van der Waals surface area contributed by atoms with Crippen LogP contribution in [-0.4, -0.2) is 36.1 Å². The Morgan fingerprint density at radius 1 is 0.558 bits per heavy atom.